The van der Waals surface area contributed by atoms with E-state index < -0.39 is 0 Å². The lowest BCUT2D eigenvalue weighted by molar-refractivity contribution is 0.666. The standard InChI is InChI=1S/C27H18O.2C23H16O.2C17H12O/c1-17-16-19-9-3-5-12-21(19)25-24-15-7-14-23(27(24)28-26(17)25)22-13-6-10-18-8-2-4-11-20(18)22;1-15-8-7-13-19-21-18-12-6-5-11-17(18)14-20(23(21)24-22(15)19)16-9-3-2-4-10-16;1-15-14-17-10-5-6-11-18(17)21-20-13-7-12-19(23(20)24-22(15)21)16-8-3-2-4-9-16;1-11-5-4-8-14-16-13-7-3-2-6-12(13)9-10-15(16)18-17(11)14;1-11-10-12-6-2-3-7-13(12)16-14-8-4-5-9-15(14)18-17(11)16/h2-16H,1H3;2*2-14H,1H3;2*2-10H,1H3. The van der Waals surface area contributed by atoms with Gasteiger partial charge in [0.1, 0.15) is 55.8 Å². The van der Waals surface area contributed by atoms with Gasteiger partial charge in [-0.15, -0.1) is 0 Å². The zero-order valence-electron chi connectivity index (χ0n) is 62.6. The Labute approximate surface area is 646 Å². The fraction of sp³-hybridized carbons (Fsp3) is 0.0467. The Hall–Kier alpha value is -14.3. The Balaban J connectivity index is 0.0000000921. The Morgan fingerprint density at radius 1 is 0.152 bits per heavy atom. The number of furan rings is 5. The Morgan fingerprint density at radius 2 is 0.473 bits per heavy atom. The smallest absolute Gasteiger partial charge is 0.143 e. The number of hydrogen-bond acceptors (Lipinski definition) is 5. The van der Waals surface area contributed by atoms with Gasteiger partial charge < -0.3 is 22.1 Å². The van der Waals surface area contributed by atoms with Crippen LogP contribution in [0.4, 0.5) is 0 Å². The quantitative estimate of drug-likeness (QED) is 0.176. The molecule has 5 heterocycles. The van der Waals surface area contributed by atoms with E-state index in [1.807, 2.05) is 24.3 Å². The number of rotatable bonds is 3. The van der Waals surface area contributed by atoms with Crippen molar-refractivity contribution in [2.45, 2.75) is 34.6 Å². The summed E-state index contributed by atoms with van der Waals surface area (Å²) in [6.45, 7) is 10.6. The second-order valence-electron chi connectivity index (χ2n) is 29.4. The summed E-state index contributed by atoms with van der Waals surface area (Å²) in [6, 6.07) is 125. The topological polar surface area (TPSA) is 65.7 Å². The third-order valence-corrected chi connectivity index (χ3v) is 22.4. The van der Waals surface area contributed by atoms with Crippen molar-refractivity contribution in [2.24, 2.45) is 0 Å². The molecule has 5 nitrogen and oxygen atoms in total. The van der Waals surface area contributed by atoms with E-state index in [0.717, 1.165) is 72.5 Å². The minimum absolute atomic E-state index is 0.965. The van der Waals surface area contributed by atoms with Crippen molar-refractivity contribution in [2.75, 3.05) is 0 Å². The largest absolute Gasteiger partial charge is 0.456 e. The summed E-state index contributed by atoms with van der Waals surface area (Å²) >= 11 is 0. The minimum Gasteiger partial charge on any atom is -0.456 e. The van der Waals surface area contributed by atoms with Crippen LogP contribution >= 0.6 is 0 Å². The maximum absolute atomic E-state index is 6.53. The third kappa shape index (κ3) is 11.5. The number of para-hydroxylation sites is 5. The molecule has 0 unspecified atom stereocenters. The van der Waals surface area contributed by atoms with E-state index in [1.54, 1.807) is 0 Å². The zero-order chi connectivity index (χ0) is 75.1. The lowest BCUT2D eigenvalue weighted by atomic mass is 9.95. The summed E-state index contributed by atoms with van der Waals surface area (Å²) in [6.07, 6.45) is 0. The van der Waals surface area contributed by atoms with Crippen molar-refractivity contribution in [1.82, 2.24) is 0 Å². The summed E-state index contributed by atoms with van der Waals surface area (Å²) < 4.78 is 31.3. The molecule has 0 atom stereocenters. The predicted octanol–water partition coefficient (Wildman–Crippen LogP) is 31.4. The average Bonchev–Trinajstić information content (AvgIpc) is 1.59. The van der Waals surface area contributed by atoms with Crippen molar-refractivity contribution in [3.8, 4) is 33.4 Å². The number of aryl methyl sites for hydroxylation is 5. The molecule has 0 fully saturated rings. The molecule has 5 aromatic heterocycles. The maximum atomic E-state index is 6.53. The summed E-state index contributed by atoms with van der Waals surface area (Å²) in [5.74, 6) is 0. The first-order valence-corrected chi connectivity index (χ1v) is 38.3. The molecule has 0 saturated carbocycles. The van der Waals surface area contributed by atoms with E-state index in [-0.39, 0.29) is 0 Å². The number of hydrogen-bond donors (Lipinski definition) is 0. The lowest BCUT2D eigenvalue weighted by Crippen LogP contribution is -1.82. The van der Waals surface area contributed by atoms with Crippen LogP contribution in [-0.2, 0) is 0 Å². The van der Waals surface area contributed by atoms with E-state index >= 15 is 0 Å². The van der Waals surface area contributed by atoms with E-state index in [1.165, 1.54) is 163 Å². The van der Waals surface area contributed by atoms with Crippen molar-refractivity contribution in [1.29, 1.82) is 0 Å². The molecular weight excluding hydrogens is 1370 g/mol. The highest BCUT2D eigenvalue weighted by Gasteiger charge is 2.22. The van der Waals surface area contributed by atoms with Gasteiger partial charge in [0.05, 0.1) is 0 Å². The summed E-state index contributed by atoms with van der Waals surface area (Å²) in [5, 5.41) is 27.1. The molecule has 0 aliphatic heterocycles. The SMILES string of the molecule is Cc1cc2ccccc2c2c1oc1c(-c3cccc4ccccc34)cccc12.Cc1cc2ccccc2c2c1oc1c(-c3ccccc3)cccc12.Cc1cc2ccccc2c2c1oc1ccccc12.Cc1cccc2c1oc1c(-c3ccccc3)cc3ccccc3c12.Cc1cccc2c1oc1ccc3ccccc3c12. The molecule has 0 spiro atoms. The number of benzene rings is 19. The highest BCUT2D eigenvalue weighted by molar-refractivity contribution is 6.26. The molecule has 0 radical (unpaired) electrons. The van der Waals surface area contributed by atoms with Crippen LogP contribution in [0.3, 0.4) is 0 Å². The second-order valence-corrected chi connectivity index (χ2v) is 29.4. The van der Waals surface area contributed by atoms with Crippen LogP contribution in [0.15, 0.2) is 380 Å². The molecule has 0 saturated heterocycles. The fourth-order valence-electron chi connectivity index (χ4n) is 17.2. The van der Waals surface area contributed by atoms with Crippen LogP contribution in [-0.4, -0.2) is 0 Å². The van der Waals surface area contributed by atoms with Crippen LogP contribution in [0, 0.1) is 34.6 Å². The normalized spacial score (nSPS) is 11.6. The molecule has 24 aromatic rings. The molecule has 0 bridgehead atoms. The summed E-state index contributed by atoms with van der Waals surface area (Å²) in [4.78, 5) is 0. The molecule has 0 amide bonds. The second kappa shape index (κ2) is 27.8. The van der Waals surface area contributed by atoms with Gasteiger partial charge in [-0.05, 0) is 180 Å². The van der Waals surface area contributed by atoms with E-state index in [9.17, 15) is 0 Å². The van der Waals surface area contributed by atoms with Crippen molar-refractivity contribution >= 4 is 174 Å². The van der Waals surface area contributed by atoms with Gasteiger partial charge in [-0.1, -0.05) is 322 Å². The summed E-state index contributed by atoms with van der Waals surface area (Å²) in [5.41, 5.74) is 22.8. The Kier molecular flexibility index (Phi) is 16.6. The first-order valence-electron chi connectivity index (χ1n) is 38.3. The maximum Gasteiger partial charge on any atom is 0.143 e. The molecule has 0 N–H and O–H groups in total. The first-order chi connectivity index (χ1) is 55.1. The van der Waals surface area contributed by atoms with Gasteiger partial charge in [-0.2, -0.15) is 0 Å². The molecule has 0 aliphatic rings. The molecule has 112 heavy (non-hydrogen) atoms. The first kappa shape index (κ1) is 67.1. The van der Waals surface area contributed by atoms with Crippen LogP contribution in [0.2, 0.25) is 0 Å². The molecule has 24 rings (SSSR count). The fourth-order valence-corrected chi connectivity index (χ4v) is 17.2. The highest BCUT2D eigenvalue weighted by atomic mass is 16.3. The molecule has 532 valence electrons. The van der Waals surface area contributed by atoms with Gasteiger partial charge >= 0.3 is 0 Å². The number of fused-ring (bicyclic) bond motifs is 26. The molecule has 5 heteroatoms. The Morgan fingerprint density at radius 3 is 1.02 bits per heavy atom. The minimum atomic E-state index is 0.965. The van der Waals surface area contributed by atoms with Gasteiger partial charge in [0.15, 0.2) is 0 Å². The molecular formula is C107H74O5. The van der Waals surface area contributed by atoms with Crippen LogP contribution < -0.4 is 0 Å². The highest BCUT2D eigenvalue weighted by Crippen LogP contribution is 2.46. The van der Waals surface area contributed by atoms with Crippen molar-refractivity contribution < 1.29 is 22.1 Å². The van der Waals surface area contributed by atoms with Crippen molar-refractivity contribution in [3.05, 3.63) is 386 Å². The molecule has 0 aliphatic carbocycles. The van der Waals surface area contributed by atoms with Crippen LogP contribution in [0.1, 0.15) is 27.8 Å². The summed E-state index contributed by atoms with van der Waals surface area (Å²) in [7, 11) is 0. The van der Waals surface area contributed by atoms with Gasteiger partial charge in [0.2, 0.25) is 0 Å². The Bertz CT molecular complexity index is 7810. The lowest BCUT2D eigenvalue weighted by Gasteiger charge is -2.07. The van der Waals surface area contributed by atoms with Crippen LogP contribution in [0.25, 0.3) is 208 Å². The van der Waals surface area contributed by atoms with Gasteiger partial charge in [0, 0.05) is 70.6 Å². The van der Waals surface area contributed by atoms with Gasteiger partial charge in [0.25, 0.3) is 0 Å². The monoisotopic (exact) mass is 1440 g/mol. The zero-order valence-corrected chi connectivity index (χ0v) is 62.6. The van der Waals surface area contributed by atoms with E-state index in [0.29, 0.717) is 0 Å². The van der Waals surface area contributed by atoms with E-state index in [2.05, 4.69) is 368 Å². The third-order valence-electron chi connectivity index (χ3n) is 22.4. The van der Waals surface area contributed by atoms with Crippen LogP contribution in [0.5, 0.6) is 0 Å². The van der Waals surface area contributed by atoms with Gasteiger partial charge in [-0.25, -0.2) is 0 Å². The van der Waals surface area contributed by atoms with E-state index in [4.69, 9.17) is 22.1 Å². The average molecular weight is 1440 g/mol. The predicted molar refractivity (Wildman–Crippen MR) is 474 cm³/mol. The van der Waals surface area contributed by atoms with Gasteiger partial charge in [-0.3, -0.25) is 0 Å². The molecule has 19 aromatic carbocycles. The van der Waals surface area contributed by atoms with Crippen molar-refractivity contribution in [3.63, 3.8) is 0 Å².